The fourth-order valence-corrected chi connectivity index (χ4v) is 6.17. The second kappa shape index (κ2) is 11.0. The first kappa shape index (κ1) is 24.1. The fourth-order valence-electron chi connectivity index (χ4n) is 6.04. The molecular weight excluding hydrogens is 452 g/mol. The number of hydrogen-bond acceptors (Lipinski definition) is 2. The number of benzene rings is 3. The number of likely N-dealkylation sites (tertiary alicyclic amines) is 1. The number of nitrogens with zero attached hydrogens (tertiary/aromatic N) is 2. The minimum Gasteiger partial charge on any atom is -0.305 e. The lowest BCUT2D eigenvalue weighted by Crippen LogP contribution is -2.51. The van der Waals surface area contributed by atoms with E-state index in [2.05, 4.69) is 66.4 Å². The smallest absolute Gasteiger partial charge is 0.258 e. The molecular formula is C31H35ClN2O. The van der Waals surface area contributed by atoms with Crippen molar-refractivity contribution in [2.45, 2.75) is 63.5 Å². The van der Waals surface area contributed by atoms with Crippen molar-refractivity contribution >= 4 is 23.2 Å². The summed E-state index contributed by atoms with van der Waals surface area (Å²) in [5.41, 5.74) is 4.35. The SMILES string of the molecule is Cc1ccc(N(C(=O)c2ccc(Cl)cc2)C2CCN([C@@H]3CCCC[C@@H]3c3ccccc3)CC2)cc1. The van der Waals surface area contributed by atoms with E-state index in [-0.39, 0.29) is 11.9 Å². The monoisotopic (exact) mass is 486 g/mol. The summed E-state index contributed by atoms with van der Waals surface area (Å²) in [6, 6.07) is 27.5. The molecule has 3 aromatic carbocycles. The molecule has 1 aliphatic carbocycles. The van der Waals surface area contributed by atoms with Crippen LogP contribution in [0.15, 0.2) is 78.9 Å². The summed E-state index contributed by atoms with van der Waals surface area (Å²) in [4.78, 5) is 18.5. The first-order valence-electron chi connectivity index (χ1n) is 13.0. The van der Waals surface area contributed by atoms with E-state index in [1.807, 2.05) is 17.0 Å². The Morgan fingerprint density at radius 3 is 2.17 bits per heavy atom. The van der Waals surface area contributed by atoms with Crippen LogP contribution in [0.3, 0.4) is 0 Å². The molecule has 3 aromatic rings. The Kier molecular flexibility index (Phi) is 7.55. The molecule has 1 amide bonds. The average Bonchev–Trinajstić information content (AvgIpc) is 2.91. The summed E-state index contributed by atoms with van der Waals surface area (Å²) in [6.07, 6.45) is 7.17. The van der Waals surface area contributed by atoms with E-state index >= 15 is 0 Å². The third-order valence-electron chi connectivity index (χ3n) is 7.91. The van der Waals surface area contributed by atoms with Crippen LogP contribution in [0, 0.1) is 6.92 Å². The molecule has 0 radical (unpaired) electrons. The molecule has 2 fully saturated rings. The van der Waals surface area contributed by atoms with Gasteiger partial charge in [0, 0.05) is 41.4 Å². The molecule has 0 aromatic heterocycles. The lowest BCUT2D eigenvalue weighted by atomic mass is 9.78. The van der Waals surface area contributed by atoms with Crippen molar-refractivity contribution in [2.75, 3.05) is 18.0 Å². The van der Waals surface area contributed by atoms with E-state index in [1.54, 1.807) is 12.1 Å². The predicted molar refractivity (Wildman–Crippen MR) is 145 cm³/mol. The topological polar surface area (TPSA) is 23.6 Å². The van der Waals surface area contributed by atoms with Crippen molar-refractivity contribution in [1.29, 1.82) is 0 Å². The molecule has 4 heteroatoms. The number of halogens is 1. The van der Waals surface area contributed by atoms with E-state index in [9.17, 15) is 4.79 Å². The highest BCUT2D eigenvalue weighted by Gasteiger charge is 2.36. The molecule has 1 heterocycles. The molecule has 0 spiro atoms. The summed E-state index contributed by atoms with van der Waals surface area (Å²) in [5.74, 6) is 0.675. The molecule has 5 rings (SSSR count). The van der Waals surface area contributed by atoms with Gasteiger partial charge in [-0.3, -0.25) is 9.69 Å². The van der Waals surface area contributed by atoms with E-state index in [0.717, 1.165) is 31.6 Å². The van der Waals surface area contributed by atoms with Gasteiger partial charge in [0.25, 0.3) is 5.91 Å². The van der Waals surface area contributed by atoms with Crippen molar-refractivity contribution in [3.05, 3.63) is 101 Å². The van der Waals surface area contributed by atoms with Gasteiger partial charge in [-0.2, -0.15) is 0 Å². The highest BCUT2D eigenvalue weighted by Crippen LogP contribution is 2.38. The standard InChI is InChI=1S/C31H35ClN2O/c1-23-11-17-27(18-12-23)34(31(35)25-13-15-26(32)16-14-25)28-19-21-33(22-20-28)30-10-6-5-9-29(30)24-7-3-2-4-8-24/h2-4,7-8,11-18,28-30H,5-6,9-10,19-22H2,1H3/t29-,30-/m1/s1. The second-order valence-corrected chi connectivity index (χ2v) is 10.6. The molecule has 0 bridgehead atoms. The van der Waals surface area contributed by atoms with Gasteiger partial charge in [0.2, 0.25) is 0 Å². The lowest BCUT2D eigenvalue weighted by Gasteiger charge is -2.45. The molecule has 3 nitrogen and oxygen atoms in total. The van der Waals surface area contributed by atoms with Gasteiger partial charge in [-0.15, -0.1) is 0 Å². The van der Waals surface area contributed by atoms with Gasteiger partial charge in [-0.25, -0.2) is 0 Å². The Labute approximate surface area is 214 Å². The Morgan fingerprint density at radius 2 is 1.49 bits per heavy atom. The highest BCUT2D eigenvalue weighted by molar-refractivity contribution is 6.30. The first-order chi connectivity index (χ1) is 17.1. The molecule has 2 aliphatic rings. The van der Waals surface area contributed by atoms with Crippen LogP contribution >= 0.6 is 11.6 Å². The van der Waals surface area contributed by atoms with Gasteiger partial charge in [0.15, 0.2) is 0 Å². The number of aryl methyl sites for hydroxylation is 1. The number of hydrogen-bond donors (Lipinski definition) is 0. The average molecular weight is 487 g/mol. The highest BCUT2D eigenvalue weighted by atomic mass is 35.5. The molecule has 182 valence electrons. The van der Waals surface area contributed by atoms with Gasteiger partial charge < -0.3 is 4.90 Å². The number of carbonyl (C=O) groups excluding carboxylic acids is 1. The van der Waals surface area contributed by atoms with Gasteiger partial charge in [-0.05, 0) is 80.5 Å². The van der Waals surface area contributed by atoms with E-state index in [1.165, 1.54) is 36.8 Å². The van der Waals surface area contributed by atoms with Gasteiger partial charge in [0.05, 0.1) is 0 Å². The van der Waals surface area contributed by atoms with Gasteiger partial charge in [0.1, 0.15) is 0 Å². The van der Waals surface area contributed by atoms with Crippen molar-refractivity contribution < 1.29 is 4.79 Å². The van der Waals surface area contributed by atoms with Gasteiger partial charge >= 0.3 is 0 Å². The Morgan fingerprint density at radius 1 is 0.829 bits per heavy atom. The maximum atomic E-state index is 13.7. The van der Waals surface area contributed by atoms with Gasteiger partial charge in [-0.1, -0.05) is 72.5 Å². The number of rotatable bonds is 5. The van der Waals surface area contributed by atoms with Crippen LogP contribution in [0.4, 0.5) is 5.69 Å². The summed E-state index contributed by atoms with van der Waals surface area (Å²) in [7, 11) is 0. The van der Waals surface area contributed by atoms with E-state index in [4.69, 9.17) is 11.6 Å². The zero-order chi connectivity index (χ0) is 24.2. The van der Waals surface area contributed by atoms with E-state index < -0.39 is 0 Å². The third kappa shape index (κ3) is 5.47. The summed E-state index contributed by atoms with van der Waals surface area (Å²) < 4.78 is 0. The summed E-state index contributed by atoms with van der Waals surface area (Å²) in [5, 5.41) is 0.650. The predicted octanol–water partition coefficient (Wildman–Crippen LogP) is 7.49. The van der Waals surface area contributed by atoms with Crippen molar-refractivity contribution in [2.24, 2.45) is 0 Å². The molecule has 1 saturated carbocycles. The Bertz CT molecular complexity index is 1100. The number of piperidine rings is 1. The zero-order valence-corrected chi connectivity index (χ0v) is 21.3. The number of anilines is 1. The summed E-state index contributed by atoms with van der Waals surface area (Å²) in [6.45, 7) is 4.16. The van der Waals surface area contributed by atoms with Crippen molar-refractivity contribution in [3.8, 4) is 0 Å². The second-order valence-electron chi connectivity index (χ2n) is 10.2. The van der Waals surface area contributed by atoms with Crippen LogP contribution in [0.2, 0.25) is 5.02 Å². The molecule has 1 aliphatic heterocycles. The third-order valence-corrected chi connectivity index (χ3v) is 8.16. The van der Waals surface area contributed by atoms with Crippen molar-refractivity contribution in [3.63, 3.8) is 0 Å². The zero-order valence-electron chi connectivity index (χ0n) is 20.6. The molecule has 35 heavy (non-hydrogen) atoms. The normalized spacial score (nSPS) is 21.5. The first-order valence-corrected chi connectivity index (χ1v) is 13.4. The van der Waals surface area contributed by atoms with Crippen LogP contribution in [-0.2, 0) is 0 Å². The fraction of sp³-hybridized carbons (Fsp3) is 0.387. The molecule has 2 atom stereocenters. The van der Waals surface area contributed by atoms with E-state index in [0.29, 0.717) is 22.5 Å². The Hall–Kier alpha value is -2.62. The largest absolute Gasteiger partial charge is 0.305 e. The maximum Gasteiger partial charge on any atom is 0.258 e. The van der Waals surface area contributed by atoms with Crippen LogP contribution in [-0.4, -0.2) is 36.0 Å². The van der Waals surface area contributed by atoms with Crippen molar-refractivity contribution in [1.82, 2.24) is 4.90 Å². The van der Waals surface area contributed by atoms with Crippen LogP contribution in [0.5, 0.6) is 0 Å². The Balaban J connectivity index is 1.34. The number of carbonyl (C=O) groups is 1. The molecule has 0 N–H and O–H groups in total. The lowest BCUT2D eigenvalue weighted by molar-refractivity contribution is 0.0895. The van der Waals surface area contributed by atoms with Crippen LogP contribution in [0.25, 0.3) is 0 Å². The quantitative estimate of drug-likeness (QED) is 0.373. The minimum atomic E-state index is 0.0591. The summed E-state index contributed by atoms with van der Waals surface area (Å²) >= 11 is 6.09. The molecule has 1 saturated heterocycles. The minimum absolute atomic E-state index is 0.0591. The number of amides is 1. The van der Waals surface area contributed by atoms with Crippen LogP contribution in [0.1, 0.15) is 65.9 Å². The molecule has 0 unspecified atom stereocenters. The maximum absolute atomic E-state index is 13.7. The van der Waals surface area contributed by atoms with Crippen LogP contribution < -0.4 is 4.90 Å².